The summed E-state index contributed by atoms with van der Waals surface area (Å²) in [7, 11) is 0. The molecule has 6 nitrogen and oxygen atoms in total. The Morgan fingerprint density at radius 1 is 1.13 bits per heavy atom. The first-order chi connectivity index (χ1) is 14.7. The lowest BCUT2D eigenvalue weighted by Crippen LogP contribution is -2.07. The van der Waals surface area contributed by atoms with Gasteiger partial charge in [-0.05, 0) is 41.3 Å². The fourth-order valence-corrected chi connectivity index (χ4v) is 4.27. The highest BCUT2D eigenvalue weighted by Crippen LogP contribution is 2.27. The molecular formula is C22H15N3O3S2. The van der Waals surface area contributed by atoms with Crippen molar-refractivity contribution in [3.63, 3.8) is 0 Å². The lowest BCUT2D eigenvalue weighted by atomic mass is 10.2. The van der Waals surface area contributed by atoms with E-state index < -0.39 is 5.97 Å². The molecule has 0 bridgehead atoms. The van der Waals surface area contributed by atoms with Crippen LogP contribution in [-0.2, 0) is 17.1 Å². The zero-order valence-electron chi connectivity index (χ0n) is 15.6. The van der Waals surface area contributed by atoms with Crippen molar-refractivity contribution in [1.82, 2.24) is 10.1 Å². The maximum Gasteiger partial charge on any atom is 0.339 e. The molecule has 0 saturated heterocycles. The molecule has 2 heterocycles. The molecule has 148 valence electrons. The molecule has 2 aromatic heterocycles. The van der Waals surface area contributed by atoms with Crippen molar-refractivity contribution >= 4 is 29.1 Å². The summed E-state index contributed by atoms with van der Waals surface area (Å²) in [5, 5.41) is 14.7. The van der Waals surface area contributed by atoms with Crippen LogP contribution in [0.2, 0.25) is 0 Å². The molecule has 0 aliphatic heterocycles. The fourth-order valence-electron chi connectivity index (χ4n) is 2.62. The molecule has 0 atom stereocenters. The Morgan fingerprint density at radius 2 is 1.97 bits per heavy atom. The number of ether oxygens (including phenoxy) is 1. The SMILES string of the molecule is N#Cc1ccc(CSc2ccccc2C(=O)OCc2nc(-c3cccs3)no2)cc1. The van der Waals surface area contributed by atoms with Crippen molar-refractivity contribution in [3.05, 3.63) is 88.6 Å². The van der Waals surface area contributed by atoms with Gasteiger partial charge in [0, 0.05) is 10.6 Å². The van der Waals surface area contributed by atoms with E-state index in [4.69, 9.17) is 14.5 Å². The molecule has 0 amide bonds. The molecule has 0 spiro atoms. The number of benzene rings is 2. The molecule has 8 heteroatoms. The number of thioether (sulfide) groups is 1. The monoisotopic (exact) mass is 433 g/mol. The van der Waals surface area contributed by atoms with Crippen molar-refractivity contribution in [2.24, 2.45) is 0 Å². The summed E-state index contributed by atoms with van der Waals surface area (Å²) in [6.45, 7) is -0.0914. The highest BCUT2D eigenvalue weighted by atomic mass is 32.2. The third-order valence-electron chi connectivity index (χ3n) is 4.12. The van der Waals surface area contributed by atoms with Gasteiger partial charge in [-0.1, -0.05) is 35.5 Å². The zero-order chi connectivity index (χ0) is 20.8. The molecule has 0 saturated carbocycles. The van der Waals surface area contributed by atoms with Crippen LogP contribution in [0.3, 0.4) is 0 Å². The minimum atomic E-state index is -0.450. The van der Waals surface area contributed by atoms with E-state index in [1.165, 1.54) is 23.1 Å². The smallest absolute Gasteiger partial charge is 0.339 e. The zero-order valence-corrected chi connectivity index (χ0v) is 17.3. The maximum absolute atomic E-state index is 12.6. The molecule has 0 aliphatic rings. The molecule has 30 heavy (non-hydrogen) atoms. The molecule has 0 unspecified atom stereocenters. The first-order valence-electron chi connectivity index (χ1n) is 8.97. The van der Waals surface area contributed by atoms with Crippen LogP contribution in [-0.4, -0.2) is 16.1 Å². The first-order valence-corrected chi connectivity index (χ1v) is 10.8. The van der Waals surface area contributed by atoms with Gasteiger partial charge in [-0.15, -0.1) is 23.1 Å². The first kappa shape index (κ1) is 19.9. The summed E-state index contributed by atoms with van der Waals surface area (Å²) in [6, 6.07) is 20.6. The number of aromatic nitrogens is 2. The van der Waals surface area contributed by atoms with Gasteiger partial charge in [-0.3, -0.25) is 0 Å². The van der Waals surface area contributed by atoms with Crippen molar-refractivity contribution in [3.8, 4) is 16.8 Å². The summed E-state index contributed by atoms with van der Waals surface area (Å²) in [4.78, 5) is 18.6. The fraction of sp³-hybridized carbons (Fsp3) is 0.0909. The number of rotatable bonds is 7. The van der Waals surface area contributed by atoms with E-state index in [1.807, 2.05) is 41.8 Å². The topological polar surface area (TPSA) is 89.0 Å². The van der Waals surface area contributed by atoms with Gasteiger partial charge >= 0.3 is 5.97 Å². The molecule has 2 aromatic carbocycles. The maximum atomic E-state index is 12.6. The Hall–Kier alpha value is -3.41. The van der Waals surface area contributed by atoms with E-state index in [1.54, 1.807) is 24.3 Å². The van der Waals surface area contributed by atoms with Crippen LogP contribution in [0.1, 0.15) is 27.4 Å². The lowest BCUT2D eigenvalue weighted by molar-refractivity contribution is 0.0425. The van der Waals surface area contributed by atoms with Gasteiger partial charge in [0.25, 0.3) is 5.89 Å². The van der Waals surface area contributed by atoms with Crippen LogP contribution >= 0.6 is 23.1 Å². The number of carbonyl (C=O) groups is 1. The van der Waals surface area contributed by atoms with E-state index in [-0.39, 0.29) is 12.5 Å². The van der Waals surface area contributed by atoms with E-state index in [0.29, 0.717) is 22.7 Å². The number of nitrogens with zero attached hydrogens (tertiary/aromatic N) is 3. The van der Waals surface area contributed by atoms with Crippen LogP contribution in [0, 0.1) is 11.3 Å². The Balaban J connectivity index is 1.39. The molecule has 4 aromatic rings. The second-order valence-electron chi connectivity index (χ2n) is 6.16. The Kier molecular flexibility index (Phi) is 6.23. The predicted octanol–water partition coefficient (Wildman–Crippen LogP) is 5.32. The largest absolute Gasteiger partial charge is 0.452 e. The lowest BCUT2D eigenvalue weighted by Gasteiger charge is -2.08. The van der Waals surface area contributed by atoms with E-state index in [2.05, 4.69) is 16.2 Å². The van der Waals surface area contributed by atoms with E-state index in [9.17, 15) is 4.79 Å². The standard InChI is InChI=1S/C22H15N3O3S2/c23-12-15-7-9-16(10-8-15)14-30-18-5-2-1-4-17(18)22(26)27-13-20-24-21(25-28-20)19-6-3-11-29-19/h1-11H,13-14H2. The number of hydrogen-bond donors (Lipinski definition) is 0. The highest BCUT2D eigenvalue weighted by molar-refractivity contribution is 7.98. The number of nitriles is 1. The number of thiophene rings is 1. The summed E-state index contributed by atoms with van der Waals surface area (Å²) >= 11 is 3.04. The van der Waals surface area contributed by atoms with Crippen molar-refractivity contribution in [2.45, 2.75) is 17.3 Å². The molecule has 0 N–H and O–H groups in total. The summed E-state index contributed by atoms with van der Waals surface area (Å²) in [5.74, 6) is 0.946. The predicted molar refractivity (Wildman–Crippen MR) is 114 cm³/mol. The average molecular weight is 434 g/mol. The van der Waals surface area contributed by atoms with Gasteiger partial charge < -0.3 is 9.26 Å². The highest BCUT2D eigenvalue weighted by Gasteiger charge is 2.16. The second kappa shape index (κ2) is 9.39. The minimum Gasteiger partial charge on any atom is -0.452 e. The second-order valence-corrected chi connectivity index (χ2v) is 8.12. The summed E-state index contributed by atoms with van der Waals surface area (Å²) in [5.41, 5.74) is 2.17. The third-order valence-corrected chi connectivity index (χ3v) is 6.13. The molecule has 0 radical (unpaired) electrons. The summed E-state index contributed by atoms with van der Waals surface area (Å²) in [6.07, 6.45) is 0. The third kappa shape index (κ3) is 4.76. The minimum absolute atomic E-state index is 0.0914. The van der Waals surface area contributed by atoms with Crippen LogP contribution in [0.25, 0.3) is 10.7 Å². The number of hydrogen-bond acceptors (Lipinski definition) is 8. The normalized spacial score (nSPS) is 10.5. The van der Waals surface area contributed by atoms with Crippen molar-refractivity contribution in [1.29, 1.82) is 5.26 Å². The van der Waals surface area contributed by atoms with Crippen molar-refractivity contribution in [2.75, 3.05) is 0 Å². The quantitative estimate of drug-likeness (QED) is 0.288. The van der Waals surface area contributed by atoms with Crippen LogP contribution in [0.5, 0.6) is 0 Å². The van der Waals surface area contributed by atoms with E-state index >= 15 is 0 Å². The van der Waals surface area contributed by atoms with Gasteiger partial charge in [0.05, 0.1) is 22.1 Å². The van der Waals surface area contributed by atoms with Gasteiger partial charge in [-0.25, -0.2) is 4.79 Å². The summed E-state index contributed by atoms with van der Waals surface area (Å²) < 4.78 is 10.6. The molecule has 0 fully saturated rings. The average Bonchev–Trinajstić information content (AvgIpc) is 3.48. The molecule has 0 aliphatic carbocycles. The Labute approximate surface area is 181 Å². The Bertz CT molecular complexity index is 1180. The van der Waals surface area contributed by atoms with Crippen LogP contribution in [0.15, 0.2) is 75.5 Å². The Morgan fingerprint density at radius 3 is 2.73 bits per heavy atom. The number of carbonyl (C=O) groups excluding carboxylic acids is 1. The molecule has 4 rings (SSSR count). The van der Waals surface area contributed by atoms with E-state index in [0.717, 1.165) is 15.3 Å². The molecular weight excluding hydrogens is 418 g/mol. The van der Waals surface area contributed by atoms with Gasteiger partial charge in [0.2, 0.25) is 5.82 Å². The van der Waals surface area contributed by atoms with Gasteiger partial charge in [-0.2, -0.15) is 10.2 Å². The van der Waals surface area contributed by atoms with Crippen molar-refractivity contribution < 1.29 is 14.1 Å². The van der Waals surface area contributed by atoms with Gasteiger partial charge in [0.15, 0.2) is 6.61 Å². The number of esters is 1. The van der Waals surface area contributed by atoms with Gasteiger partial charge in [0.1, 0.15) is 0 Å². The van der Waals surface area contributed by atoms with Crippen LogP contribution in [0.4, 0.5) is 0 Å². The van der Waals surface area contributed by atoms with Crippen LogP contribution < -0.4 is 0 Å².